The van der Waals surface area contributed by atoms with Gasteiger partial charge in [-0.3, -0.25) is 9.88 Å². The first-order valence-corrected chi connectivity index (χ1v) is 9.02. The van der Waals surface area contributed by atoms with Crippen molar-refractivity contribution in [2.24, 2.45) is 0 Å². The highest BCUT2D eigenvalue weighted by Gasteiger charge is 2.11. The third kappa shape index (κ3) is 4.41. The van der Waals surface area contributed by atoms with E-state index < -0.39 is 0 Å². The molecule has 0 fully saturated rings. The van der Waals surface area contributed by atoms with E-state index in [9.17, 15) is 0 Å². The number of anilines is 1. The second-order valence-electron chi connectivity index (χ2n) is 6.39. The van der Waals surface area contributed by atoms with E-state index in [-0.39, 0.29) is 0 Å². The van der Waals surface area contributed by atoms with Gasteiger partial charge in [0.15, 0.2) is 5.82 Å². The lowest BCUT2D eigenvalue weighted by molar-refractivity contribution is 0.321. The highest BCUT2D eigenvalue weighted by Crippen LogP contribution is 2.28. The van der Waals surface area contributed by atoms with Gasteiger partial charge in [-0.05, 0) is 37.7 Å². The summed E-state index contributed by atoms with van der Waals surface area (Å²) < 4.78 is 0. The third-order valence-electron chi connectivity index (χ3n) is 3.85. The minimum atomic E-state index is 0.792. The monoisotopic (exact) mass is 353 g/mol. The summed E-state index contributed by atoms with van der Waals surface area (Å²) in [4.78, 5) is 20.1. The lowest BCUT2D eigenvalue weighted by Gasteiger charge is -2.15. The average Bonchev–Trinajstić information content (AvgIpc) is 3.04. The van der Waals surface area contributed by atoms with Crippen molar-refractivity contribution in [2.75, 3.05) is 26.0 Å². The fourth-order valence-corrected chi connectivity index (χ4v) is 3.74. The number of pyridine rings is 1. The largest absolute Gasteiger partial charge is 0.362 e. The van der Waals surface area contributed by atoms with E-state index in [2.05, 4.69) is 40.1 Å². The Bertz CT molecular complexity index is 829. The van der Waals surface area contributed by atoms with Crippen LogP contribution in [0.1, 0.15) is 16.0 Å². The van der Waals surface area contributed by atoms with Gasteiger partial charge in [0, 0.05) is 56.2 Å². The van der Waals surface area contributed by atoms with Crippen molar-refractivity contribution in [1.82, 2.24) is 19.9 Å². The maximum absolute atomic E-state index is 4.71. The van der Waals surface area contributed by atoms with Gasteiger partial charge in [-0.1, -0.05) is 6.07 Å². The fourth-order valence-electron chi connectivity index (χ4n) is 2.71. The first kappa shape index (κ1) is 17.5. The van der Waals surface area contributed by atoms with Crippen LogP contribution in [-0.4, -0.2) is 41.0 Å². The minimum Gasteiger partial charge on any atom is -0.362 e. The molecule has 0 spiro atoms. The predicted molar refractivity (Wildman–Crippen MR) is 104 cm³/mol. The number of aryl methyl sites for hydroxylation is 1. The molecule has 0 bridgehead atoms. The molecule has 25 heavy (non-hydrogen) atoms. The van der Waals surface area contributed by atoms with Crippen LogP contribution in [0.2, 0.25) is 0 Å². The smallest absolute Gasteiger partial charge is 0.171 e. The first-order chi connectivity index (χ1) is 12.0. The van der Waals surface area contributed by atoms with Crippen LogP contribution >= 0.6 is 11.3 Å². The Morgan fingerprint density at radius 2 is 1.88 bits per heavy atom. The topological polar surface area (TPSA) is 45.2 Å². The molecule has 0 N–H and O–H groups in total. The highest BCUT2D eigenvalue weighted by molar-refractivity contribution is 7.15. The number of hydrogen-bond acceptors (Lipinski definition) is 6. The molecule has 0 aliphatic carbocycles. The SMILES string of the molecule is Cc1cnc(-c2ccc(CN(C)Cc3cccnc3)s2)nc1N(C)C. The predicted octanol–water partition coefficient (Wildman–Crippen LogP) is 3.61. The quantitative estimate of drug-likeness (QED) is 0.677. The van der Waals surface area contributed by atoms with E-state index >= 15 is 0 Å². The molecule has 0 aliphatic heterocycles. The van der Waals surface area contributed by atoms with Crippen LogP contribution in [0.3, 0.4) is 0 Å². The fraction of sp³-hybridized carbons (Fsp3) is 0.316. The molecule has 0 atom stereocenters. The first-order valence-electron chi connectivity index (χ1n) is 8.20. The van der Waals surface area contributed by atoms with Gasteiger partial charge in [0.05, 0.1) is 4.88 Å². The molecule has 0 aliphatic rings. The van der Waals surface area contributed by atoms with Gasteiger partial charge in [-0.2, -0.15) is 0 Å². The summed E-state index contributed by atoms with van der Waals surface area (Å²) in [5, 5.41) is 0. The Kier molecular flexibility index (Phi) is 5.40. The Morgan fingerprint density at radius 3 is 2.60 bits per heavy atom. The van der Waals surface area contributed by atoms with Crippen LogP contribution in [0.4, 0.5) is 5.82 Å². The van der Waals surface area contributed by atoms with Crippen LogP contribution in [0.15, 0.2) is 42.9 Å². The highest BCUT2D eigenvalue weighted by atomic mass is 32.1. The van der Waals surface area contributed by atoms with Crippen molar-refractivity contribution in [3.8, 4) is 10.7 Å². The average molecular weight is 353 g/mol. The van der Waals surface area contributed by atoms with Crippen molar-refractivity contribution in [3.63, 3.8) is 0 Å². The summed E-state index contributed by atoms with van der Waals surface area (Å²) in [6, 6.07) is 8.36. The van der Waals surface area contributed by atoms with Crippen LogP contribution in [-0.2, 0) is 13.1 Å². The van der Waals surface area contributed by atoms with E-state index in [0.29, 0.717) is 0 Å². The summed E-state index contributed by atoms with van der Waals surface area (Å²) in [6.07, 6.45) is 5.61. The zero-order chi connectivity index (χ0) is 17.8. The number of aromatic nitrogens is 3. The van der Waals surface area contributed by atoms with Crippen molar-refractivity contribution >= 4 is 17.2 Å². The lowest BCUT2D eigenvalue weighted by Crippen LogP contribution is -2.16. The standard InChI is InChI=1S/C19H23N5S/c1-14-10-21-18(22-19(14)23(2)3)17-8-7-16(25-17)13-24(4)12-15-6-5-9-20-11-15/h5-11H,12-13H2,1-4H3. The van der Waals surface area contributed by atoms with Gasteiger partial charge < -0.3 is 4.90 Å². The molecule has 3 rings (SSSR count). The molecule has 0 unspecified atom stereocenters. The summed E-state index contributed by atoms with van der Waals surface area (Å²) in [5.41, 5.74) is 2.31. The molecule has 130 valence electrons. The Balaban J connectivity index is 1.71. The van der Waals surface area contributed by atoms with Crippen molar-refractivity contribution in [3.05, 3.63) is 58.9 Å². The van der Waals surface area contributed by atoms with Crippen molar-refractivity contribution in [1.29, 1.82) is 0 Å². The number of thiophene rings is 1. The molecular weight excluding hydrogens is 330 g/mol. The van der Waals surface area contributed by atoms with Gasteiger partial charge in [0.25, 0.3) is 0 Å². The number of rotatable bonds is 6. The Morgan fingerprint density at radius 1 is 1.04 bits per heavy atom. The molecule has 3 heterocycles. The van der Waals surface area contributed by atoms with Gasteiger partial charge in [-0.15, -0.1) is 11.3 Å². The molecular formula is C19H23N5S. The van der Waals surface area contributed by atoms with Crippen molar-refractivity contribution < 1.29 is 0 Å². The molecule has 0 radical (unpaired) electrons. The van der Waals surface area contributed by atoms with Crippen LogP contribution in [0, 0.1) is 6.92 Å². The van der Waals surface area contributed by atoms with Crippen LogP contribution in [0.25, 0.3) is 10.7 Å². The molecule has 0 aromatic carbocycles. The Hall–Kier alpha value is -2.31. The number of hydrogen-bond donors (Lipinski definition) is 0. The number of nitrogens with zero attached hydrogens (tertiary/aromatic N) is 5. The van der Waals surface area contributed by atoms with Gasteiger partial charge in [0.1, 0.15) is 5.82 Å². The van der Waals surface area contributed by atoms with E-state index in [1.54, 1.807) is 17.5 Å². The summed E-state index contributed by atoms with van der Waals surface area (Å²) in [6.45, 7) is 3.81. The van der Waals surface area contributed by atoms with Crippen molar-refractivity contribution in [2.45, 2.75) is 20.0 Å². The zero-order valence-electron chi connectivity index (χ0n) is 15.1. The van der Waals surface area contributed by atoms with E-state index in [4.69, 9.17) is 4.98 Å². The van der Waals surface area contributed by atoms with E-state index in [0.717, 1.165) is 35.2 Å². The zero-order valence-corrected chi connectivity index (χ0v) is 15.9. The molecule has 6 heteroatoms. The third-order valence-corrected chi connectivity index (χ3v) is 4.92. The van der Waals surface area contributed by atoms with Gasteiger partial charge in [-0.25, -0.2) is 9.97 Å². The Labute approximate surface area is 153 Å². The minimum absolute atomic E-state index is 0.792. The summed E-state index contributed by atoms with van der Waals surface area (Å²) in [7, 11) is 6.14. The molecule has 5 nitrogen and oxygen atoms in total. The van der Waals surface area contributed by atoms with E-state index in [1.165, 1.54) is 10.4 Å². The summed E-state index contributed by atoms with van der Waals surface area (Å²) in [5.74, 6) is 1.76. The summed E-state index contributed by atoms with van der Waals surface area (Å²) >= 11 is 1.75. The lowest BCUT2D eigenvalue weighted by atomic mass is 10.2. The molecule has 3 aromatic rings. The maximum atomic E-state index is 4.71. The normalized spacial score (nSPS) is 11.1. The maximum Gasteiger partial charge on any atom is 0.171 e. The second kappa shape index (κ2) is 7.72. The van der Waals surface area contributed by atoms with Crippen LogP contribution in [0.5, 0.6) is 0 Å². The van der Waals surface area contributed by atoms with Gasteiger partial charge in [0.2, 0.25) is 0 Å². The van der Waals surface area contributed by atoms with Crippen LogP contribution < -0.4 is 4.90 Å². The molecule has 0 saturated carbocycles. The second-order valence-corrected chi connectivity index (χ2v) is 7.56. The molecule has 3 aromatic heterocycles. The molecule has 0 saturated heterocycles. The van der Waals surface area contributed by atoms with Gasteiger partial charge >= 0.3 is 0 Å². The molecule has 0 amide bonds. The van der Waals surface area contributed by atoms with E-state index in [1.807, 2.05) is 44.4 Å².